The number of benzene rings is 2. The highest BCUT2D eigenvalue weighted by Gasteiger charge is 2.16. The van der Waals surface area contributed by atoms with Crippen LogP contribution in [0, 0.1) is 0 Å². The Labute approximate surface area is 162 Å². The second-order valence-corrected chi connectivity index (χ2v) is 7.11. The van der Waals surface area contributed by atoms with Crippen LogP contribution in [0.25, 0.3) is 10.9 Å². The van der Waals surface area contributed by atoms with Crippen LogP contribution in [0.15, 0.2) is 52.2 Å². The average Bonchev–Trinajstić information content (AvgIpc) is 2.70. The number of hydrogen-bond donors (Lipinski definition) is 1. The highest BCUT2D eigenvalue weighted by molar-refractivity contribution is 7.84. The van der Waals surface area contributed by atoms with Crippen molar-refractivity contribution in [1.82, 2.24) is 9.97 Å². The monoisotopic (exact) mass is 400 g/mol. The molecule has 0 aliphatic carbocycles. The van der Waals surface area contributed by atoms with Gasteiger partial charge in [0.2, 0.25) is 0 Å². The van der Waals surface area contributed by atoms with E-state index in [1.807, 2.05) is 0 Å². The molecule has 0 radical (unpaired) electrons. The van der Waals surface area contributed by atoms with E-state index in [-0.39, 0.29) is 34.5 Å². The number of fused-ring (bicyclic) bond motifs is 1. The van der Waals surface area contributed by atoms with Gasteiger partial charge in [-0.3, -0.25) is 9.00 Å². The smallest absolute Gasteiger partial charge is 0.339 e. The van der Waals surface area contributed by atoms with E-state index in [2.05, 4.69) is 14.7 Å². The quantitative estimate of drug-likeness (QED) is 0.649. The number of ether oxygens (including phenoxy) is 2. The Morgan fingerprint density at radius 1 is 1.14 bits per heavy atom. The van der Waals surface area contributed by atoms with Crippen molar-refractivity contribution < 1.29 is 23.3 Å². The van der Waals surface area contributed by atoms with Gasteiger partial charge >= 0.3 is 11.9 Å². The van der Waals surface area contributed by atoms with Crippen LogP contribution in [-0.4, -0.2) is 39.5 Å². The van der Waals surface area contributed by atoms with Crippen LogP contribution < -0.4 is 5.56 Å². The maximum atomic E-state index is 12.3. The minimum Gasteiger partial charge on any atom is -0.465 e. The van der Waals surface area contributed by atoms with Gasteiger partial charge in [0, 0.05) is 6.26 Å². The van der Waals surface area contributed by atoms with Gasteiger partial charge in [-0.2, -0.15) is 0 Å². The SMILES string of the molecule is COC(=O)c1ccc2c(=O)[nH]c(COC(=O)c3ccccc3[S@@](C)=O)nc2c1. The molecule has 3 rings (SSSR count). The van der Waals surface area contributed by atoms with Crippen molar-refractivity contribution in [2.24, 2.45) is 0 Å². The van der Waals surface area contributed by atoms with E-state index < -0.39 is 28.3 Å². The summed E-state index contributed by atoms with van der Waals surface area (Å²) in [5.41, 5.74) is 0.269. The van der Waals surface area contributed by atoms with E-state index in [0.29, 0.717) is 4.90 Å². The number of aromatic nitrogens is 2. The zero-order valence-electron chi connectivity index (χ0n) is 15.1. The number of hydrogen-bond acceptors (Lipinski definition) is 7. The molecule has 2 aromatic carbocycles. The number of carbonyl (C=O) groups excluding carboxylic acids is 2. The van der Waals surface area contributed by atoms with Crippen molar-refractivity contribution in [3.05, 3.63) is 69.8 Å². The van der Waals surface area contributed by atoms with E-state index in [1.54, 1.807) is 18.2 Å². The standard InChI is InChI=1S/C19H16N2O6S/c1-26-18(23)11-7-8-12-14(9-11)20-16(21-17(12)22)10-27-19(24)13-5-3-4-6-15(13)28(2)25/h3-9H,10H2,1-2H3,(H,20,21,22)/t28-/m1/s1. The van der Waals surface area contributed by atoms with Crippen LogP contribution in [0.1, 0.15) is 26.5 Å². The third kappa shape index (κ3) is 3.99. The fourth-order valence-corrected chi connectivity index (χ4v) is 3.33. The maximum Gasteiger partial charge on any atom is 0.339 e. The molecular formula is C19H16N2O6S. The van der Waals surface area contributed by atoms with E-state index >= 15 is 0 Å². The molecule has 0 bridgehead atoms. The molecule has 3 aromatic rings. The van der Waals surface area contributed by atoms with E-state index in [1.165, 1.54) is 37.6 Å². The molecule has 0 aliphatic heterocycles. The van der Waals surface area contributed by atoms with Crippen LogP contribution in [-0.2, 0) is 26.9 Å². The molecule has 28 heavy (non-hydrogen) atoms. The largest absolute Gasteiger partial charge is 0.465 e. The van der Waals surface area contributed by atoms with Crippen molar-refractivity contribution in [1.29, 1.82) is 0 Å². The van der Waals surface area contributed by atoms with Gasteiger partial charge in [-0.05, 0) is 30.3 Å². The van der Waals surface area contributed by atoms with Crippen molar-refractivity contribution in [2.75, 3.05) is 13.4 Å². The van der Waals surface area contributed by atoms with Gasteiger partial charge in [-0.1, -0.05) is 12.1 Å². The first-order chi connectivity index (χ1) is 13.4. The summed E-state index contributed by atoms with van der Waals surface area (Å²) in [6.45, 7) is -0.294. The van der Waals surface area contributed by atoms with Gasteiger partial charge in [-0.25, -0.2) is 14.6 Å². The molecule has 0 amide bonds. The van der Waals surface area contributed by atoms with Crippen LogP contribution in [0.5, 0.6) is 0 Å². The Bertz CT molecular complexity index is 1150. The summed E-state index contributed by atoms with van der Waals surface area (Å²) in [5, 5.41) is 0.287. The Morgan fingerprint density at radius 2 is 1.89 bits per heavy atom. The summed E-state index contributed by atoms with van der Waals surface area (Å²) in [6.07, 6.45) is 1.47. The summed E-state index contributed by atoms with van der Waals surface area (Å²) in [4.78, 5) is 43.3. The number of esters is 2. The van der Waals surface area contributed by atoms with Gasteiger partial charge in [0.1, 0.15) is 12.4 Å². The Hall–Kier alpha value is -3.33. The highest BCUT2D eigenvalue weighted by Crippen LogP contribution is 2.15. The first-order valence-electron chi connectivity index (χ1n) is 8.11. The second-order valence-electron chi connectivity index (χ2n) is 5.76. The molecule has 9 heteroatoms. The Morgan fingerprint density at radius 3 is 2.61 bits per heavy atom. The van der Waals surface area contributed by atoms with Gasteiger partial charge < -0.3 is 14.5 Å². The van der Waals surface area contributed by atoms with Gasteiger partial charge in [0.05, 0.1) is 44.8 Å². The summed E-state index contributed by atoms with van der Waals surface area (Å²) < 4.78 is 21.6. The lowest BCUT2D eigenvalue weighted by Gasteiger charge is -2.08. The predicted molar refractivity (Wildman–Crippen MR) is 102 cm³/mol. The molecule has 0 unspecified atom stereocenters. The number of rotatable bonds is 5. The topological polar surface area (TPSA) is 115 Å². The van der Waals surface area contributed by atoms with Crippen LogP contribution in [0.2, 0.25) is 0 Å². The van der Waals surface area contributed by atoms with Crippen LogP contribution >= 0.6 is 0 Å². The van der Waals surface area contributed by atoms with Gasteiger partial charge in [0.25, 0.3) is 5.56 Å². The molecule has 144 valence electrons. The van der Waals surface area contributed by atoms with E-state index in [4.69, 9.17) is 4.74 Å². The number of carbonyl (C=O) groups is 2. The lowest BCUT2D eigenvalue weighted by Crippen LogP contribution is -2.15. The number of nitrogens with one attached hydrogen (secondary N) is 1. The molecular weight excluding hydrogens is 384 g/mol. The van der Waals surface area contributed by atoms with Crippen molar-refractivity contribution >= 4 is 33.6 Å². The Balaban J connectivity index is 1.86. The molecule has 0 aliphatic rings. The summed E-state index contributed by atoms with van der Waals surface area (Å²) in [6, 6.07) is 10.8. The minimum atomic E-state index is -1.36. The number of methoxy groups -OCH3 is 1. The van der Waals surface area contributed by atoms with Gasteiger partial charge in [0.15, 0.2) is 0 Å². The second kappa shape index (κ2) is 8.13. The number of nitrogens with zero attached hydrogens (tertiary/aromatic N) is 1. The average molecular weight is 400 g/mol. The minimum absolute atomic E-state index is 0.114. The molecule has 1 heterocycles. The number of H-pyrrole nitrogens is 1. The fraction of sp³-hybridized carbons (Fsp3) is 0.158. The normalized spacial score (nSPS) is 11.8. The molecule has 0 spiro atoms. The predicted octanol–water partition coefficient (Wildman–Crippen LogP) is 1.80. The van der Waals surface area contributed by atoms with Crippen LogP contribution in [0.4, 0.5) is 0 Å². The molecule has 0 fully saturated rings. The lowest BCUT2D eigenvalue weighted by atomic mass is 10.1. The van der Waals surface area contributed by atoms with E-state index in [0.717, 1.165) is 0 Å². The van der Waals surface area contributed by atoms with E-state index in [9.17, 15) is 18.6 Å². The molecule has 1 aromatic heterocycles. The van der Waals surface area contributed by atoms with Crippen molar-refractivity contribution in [2.45, 2.75) is 11.5 Å². The third-order valence-electron chi connectivity index (χ3n) is 3.93. The fourth-order valence-electron chi connectivity index (χ4n) is 2.60. The zero-order valence-corrected chi connectivity index (χ0v) is 15.9. The summed E-state index contributed by atoms with van der Waals surface area (Å²) in [5.74, 6) is -1.12. The molecule has 0 saturated heterocycles. The van der Waals surface area contributed by atoms with Crippen LogP contribution in [0.3, 0.4) is 0 Å². The molecule has 8 nitrogen and oxygen atoms in total. The number of aromatic amines is 1. The molecule has 1 N–H and O–H groups in total. The van der Waals surface area contributed by atoms with Crippen molar-refractivity contribution in [3.63, 3.8) is 0 Å². The molecule has 1 atom stereocenters. The van der Waals surface area contributed by atoms with Crippen molar-refractivity contribution in [3.8, 4) is 0 Å². The third-order valence-corrected chi connectivity index (χ3v) is 4.91. The zero-order chi connectivity index (χ0) is 20.3. The summed E-state index contributed by atoms with van der Waals surface area (Å²) >= 11 is 0. The first-order valence-corrected chi connectivity index (χ1v) is 9.67. The lowest BCUT2D eigenvalue weighted by molar-refractivity contribution is 0.0457. The first kappa shape index (κ1) is 19.4. The highest BCUT2D eigenvalue weighted by atomic mass is 32.2. The van der Waals surface area contributed by atoms with Gasteiger partial charge in [-0.15, -0.1) is 0 Å². The summed E-state index contributed by atoms with van der Waals surface area (Å²) in [7, 11) is -0.104. The Kier molecular flexibility index (Phi) is 5.65. The maximum absolute atomic E-state index is 12.3. The molecule has 0 saturated carbocycles.